The minimum Gasteiger partial charge on any atom is -0.406 e. The number of aliphatic hydroxyl groups is 1. The Morgan fingerprint density at radius 3 is 2.24 bits per heavy atom. The van der Waals surface area contributed by atoms with Crippen LogP contribution in [-0.2, 0) is 9.71 Å². The van der Waals surface area contributed by atoms with Gasteiger partial charge in [0.25, 0.3) is 0 Å². The fourth-order valence-electron chi connectivity index (χ4n) is 2.14. The van der Waals surface area contributed by atoms with Crippen LogP contribution in [-0.4, -0.2) is 45.0 Å². The monoisotopic (exact) mass is 323 g/mol. The third kappa shape index (κ3) is 4.12. The number of benzene rings is 1. The normalized spacial score (nSPS) is 21.0. The summed E-state index contributed by atoms with van der Waals surface area (Å²) in [5.74, 6) is 3.34. The molecule has 0 amide bonds. The van der Waals surface area contributed by atoms with Gasteiger partial charge in [0.05, 0.1) is 15.8 Å². The topological polar surface area (TPSA) is 49.8 Å². The first kappa shape index (κ1) is 16.1. The molecule has 0 aliphatic carbocycles. The van der Waals surface area contributed by atoms with Crippen molar-refractivity contribution in [2.24, 2.45) is 0 Å². The van der Waals surface area contributed by atoms with Gasteiger partial charge in [-0.3, -0.25) is 0 Å². The van der Waals surface area contributed by atoms with Gasteiger partial charge < -0.3 is 9.84 Å². The highest BCUT2D eigenvalue weighted by Crippen LogP contribution is 2.26. The molecule has 21 heavy (non-hydrogen) atoms. The van der Waals surface area contributed by atoms with Crippen LogP contribution in [0.15, 0.2) is 29.2 Å². The van der Waals surface area contributed by atoms with Crippen LogP contribution in [0.4, 0.5) is 13.2 Å². The summed E-state index contributed by atoms with van der Waals surface area (Å²) < 4.78 is 54.4. The molecular formula is C13H16F3NO3S. The zero-order valence-electron chi connectivity index (χ0n) is 11.2. The summed E-state index contributed by atoms with van der Waals surface area (Å²) in [6.45, 7) is 0.870. The molecular weight excluding hydrogens is 307 g/mol. The van der Waals surface area contributed by atoms with Gasteiger partial charge >= 0.3 is 6.36 Å². The molecule has 0 spiro atoms. The minimum atomic E-state index is -4.75. The summed E-state index contributed by atoms with van der Waals surface area (Å²) in [7, 11) is -2.76. The summed E-state index contributed by atoms with van der Waals surface area (Å²) in [6, 6.07) is 4.88. The molecule has 8 heteroatoms. The fraction of sp³-hybridized carbons (Fsp3) is 0.462. The molecule has 118 valence electrons. The lowest BCUT2D eigenvalue weighted by molar-refractivity contribution is -0.274. The van der Waals surface area contributed by atoms with Crippen LogP contribution in [0, 0.1) is 0 Å². The lowest BCUT2D eigenvalue weighted by atomic mass is 10.1. The third-order valence-corrected chi connectivity index (χ3v) is 5.47. The third-order valence-electron chi connectivity index (χ3n) is 3.27. The van der Waals surface area contributed by atoms with Gasteiger partial charge in [0.2, 0.25) is 0 Å². The number of piperidine rings is 1. The molecule has 2 rings (SSSR count). The van der Waals surface area contributed by atoms with Gasteiger partial charge in [0, 0.05) is 18.0 Å². The minimum absolute atomic E-state index is 0.341. The van der Waals surface area contributed by atoms with Gasteiger partial charge in [-0.15, -0.1) is 13.2 Å². The molecule has 0 bridgehead atoms. The molecule has 0 saturated carbocycles. The summed E-state index contributed by atoms with van der Waals surface area (Å²) in [5, 5.41) is 9.44. The Hall–Kier alpha value is -1.25. The second-order valence-corrected chi connectivity index (χ2v) is 7.09. The number of halogens is 3. The average Bonchev–Trinajstić information content (AvgIpc) is 2.38. The van der Waals surface area contributed by atoms with E-state index in [0.29, 0.717) is 30.8 Å². The van der Waals surface area contributed by atoms with Crippen molar-refractivity contribution in [3.05, 3.63) is 24.3 Å². The summed E-state index contributed by atoms with van der Waals surface area (Å²) >= 11 is 0. The van der Waals surface area contributed by atoms with Gasteiger partial charge in [-0.05, 0) is 43.0 Å². The van der Waals surface area contributed by atoms with Gasteiger partial charge in [-0.1, -0.05) is 0 Å². The van der Waals surface area contributed by atoms with Crippen LogP contribution < -0.4 is 4.74 Å². The van der Waals surface area contributed by atoms with E-state index in [1.54, 1.807) is 4.31 Å². The van der Waals surface area contributed by atoms with E-state index >= 15 is 0 Å². The molecule has 1 aromatic carbocycles. The molecule has 1 saturated heterocycles. The second-order valence-electron chi connectivity index (χ2n) is 4.82. The molecule has 0 radical (unpaired) electrons. The maximum absolute atomic E-state index is 12.7. The number of hydrogen-bond acceptors (Lipinski definition) is 3. The molecule has 1 heterocycles. The highest BCUT2D eigenvalue weighted by Gasteiger charge is 2.31. The molecule has 1 aliphatic heterocycles. The molecule has 0 aromatic heterocycles. The molecule has 1 atom stereocenters. The zero-order valence-corrected chi connectivity index (χ0v) is 12.0. The Bertz CT molecular complexity index is 576. The Kier molecular flexibility index (Phi) is 4.50. The molecule has 4 nitrogen and oxygen atoms in total. The van der Waals surface area contributed by atoms with Gasteiger partial charge in [-0.25, -0.2) is 8.51 Å². The summed E-state index contributed by atoms with van der Waals surface area (Å²) in [6.07, 6.45) is -4.15. The van der Waals surface area contributed by atoms with Crippen LogP contribution in [0.25, 0.3) is 0 Å². The Morgan fingerprint density at radius 2 is 1.76 bits per heavy atom. The first-order valence-corrected chi connectivity index (χ1v) is 8.03. The quantitative estimate of drug-likeness (QED) is 0.866. The van der Waals surface area contributed by atoms with E-state index in [2.05, 4.69) is 10.6 Å². The standard InChI is InChI=1S/C13H16F3NO3S/c1-21(19,17-8-6-10(18)7-9-17)12-4-2-11(3-5-12)20-13(14,15)16/h2-5,10,18H,1,6-9H2. The smallest absolute Gasteiger partial charge is 0.406 e. The van der Waals surface area contributed by atoms with E-state index in [1.165, 1.54) is 12.1 Å². The van der Waals surface area contributed by atoms with Crippen molar-refractivity contribution in [2.45, 2.75) is 30.2 Å². The predicted molar refractivity (Wildman–Crippen MR) is 73.5 cm³/mol. The van der Waals surface area contributed by atoms with Crippen molar-refractivity contribution in [1.82, 2.24) is 4.31 Å². The van der Waals surface area contributed by atoms with Crippen LogP contribution in [0.5, 0.6) is 5.75 Å². The van der Waals surface area contributed by atoms with Crippen LogP contribution in [0.2, 0.25) is 0 Å². The van der Waals surface area contributed by atoms with Crippen molar-refractivity contribution in [3.63, 3.8) is 0 Å². The van der Waals surface area contributed by atoms with Gasteiger partial charge in [0.15, 0.2) is 0 Å². The molecule has 1 aliphatic rings. The highest BCUT2D eigenvalue weighted by atomic mass is 32.2. The largest absolute Gasteiger partial charge is 0.573 e. The number of aliphatic hydroxyl groups excluding tert-OH is 1. The number of alkyl halides is 3. The zero-order chi connectivity index (χ0) is 15.7. The second kappa shape index (κ2) is 5.86. The number of nitrogens with zero attached hydrogens (tertiary/aromatic N) is 1. The number of rotatable bonds is 3. The van der Waals surface area contributed by atoms with Crippen molar-refractivity contribution >= 4 is 15.6 Å². The van der Waals surface area contributed by atoms with Crippen LogP contribution in [0.3, 0.4) is 0 Å². The molecule has 1 unspecified atom stereocenters. The molecule has 1 aromatic rings. The number of ether oxygens (including phenoxy) is 1. The van der Waals surface area contributed by atoms with Crippen LogP contribution in [0.1, 0.15) is 12.8 Å². The first-order valence-electron chi connectivity index (χ1n) is 6.35. The highest BCUT2D eigenvalue weighted by molar-refractivity contribution is 7.98. The van der Waals surface area contributed by atoms with Crippen molar-refractivity contribution < 1.29 is 27.2 Å². The van der Waals surface area contributed by atoms with Crippen molar-refractivity contribution in [1.29, 1.82) is 0 Å². The Labute approximate surface area is 121 Å². The summed E-state index contributed by atoms with van der Waals surface area (Å²) in [5.41, 5.74) is 0. The maximum atomic E-state index is 12.7. The Morgan fingerprint density at radius 1 is 1.24 bits per heavy atom. The van der Waals surface area contributed by atoms with E-state index in [9.17, 15) is 22.5 Å². The lowest BCUT2D eigenvalue weighted by Gasteiger charge is -2.32. The van der Waals surface area contributed by atoms with E-state index < -0.39 is 22.2 Å². The van der Waals surface area contributed by atoms with E-state index in [-0.39, 0.29) is 5.75 Å². The maximum Gasteiger partial charge on any atom is 0.573 e. The predicted octanol–water partition coefficient (Wildman–Crippen LogP) is 2.03. The molecule has 1 N–H and O–H groups in total. The van der Waals surface area contributed by atoms with E-state index in [4.69, 9.17) is 0 Å². The first-order chi connectivity index (χ1) is 9.68. The van der Waals surface area contributed by atoms with Crippen molar-refractivity contribution in [3.8, 4) is 5.75 Å². The van der Waals surface area contributed by atoms with Gasteiger partial charge in [-0.2, -0.15) is 0 Å². The van der Waals surface area contributed by atoms with Crippen molar-refractivity contribution in [2.75, 3.05) is 13.1 Å². The average molecular weight is 323 g/mol. The van der Waals surface area contributed by atoms with Gasteiger partial charge in [0.1, 0.15) is 5.75 Å². The Balaban J connectivity index is 2.14. The summed E-state index contributed by atoms with van der Waals surface area (Å²) in [4.78, 5) is 0.341. The van der Waals surface area contributed by atoms with E-state index in [0.717, 1.165) is 12.1 Å². The van der Waals surface area contributed by atoms with Crippen LogP contribution >= 0.6 is 0 Å². The lowest BCUT2D eigenvalue weighted by Crippen LogP contribution is -2.39. The SMILES string of the molecule is C=S(=O)(c1ccc(OC(F)(F)F)cc1)N1CCC(O)CC1. The number of hydrogen-bond donors (Lipinski definition) is 1. The van der Waals surface area contributed by atoms with E-state index in [1.807, 2.05) is 0 Å². The molecule has 1 fully saturated rings. The fourth-order valence-corrected chi connectivity index (χ4v) is 3.80.